The summed E-state index contributed by atoms with van der Waals surface area (Å²) in [6.45, 7) is 13.7. The summed E-state index contributed by atoms with van der Waals surface area (Å²) in [7, 11) is 0. The predicted molar refractivity (Wildman–Crippen MR) is 134 cm³/mol. The van der Waals surface area contributed by atoms with Crippen LogP contribution in [0.15, 0.2) is 54.6 Å². The first-order chi connectivity index (χ1) is 15.6. The molecule has 2 heteroatoms. The quantitative estimate of drug-likeness (QED) is 0.372. The van der Waals surface area contributed by atoms with E-state index in [1.807, 2.05) is 38.1 Å². The Morgan fingerprint density at radius 1 is 0.968 bits per heavy atom. The van der Waals surface area contributed by atoms with Crippen molar-refractivity contribution < 1.29 is 8.85 Å². The van der Waals surface area contributed by atoms with Gasteiger partial charge < -0.3 is 4.74 Å². The van der Waals surface area contributed by atoms with Crippen LogP contribution in [0.3, 0.4) is 0 Å². The molecule has 0 N–H and O–H groups in total. The second kappa shape index (κ2) is 9.44. The molecule has 0 saturated carbocycles. The molecule has 1 unspecified atom stereocenters. The number of fused-ring (bicyclic) bond motifs is 1. The van der Waals surface area contributed by atoms with Gasteiger partial charge in [-0.15, -0.1) is 0 Å². The third kappa shape index (κ3) is 4.80. The van der Waals surface area contributed by atoms with Crippen LogP contribution in [-0.4, -0.2) is 23.5 Å². The second-order valence-corrected chi connectivity index (χ2v) is 9.14. The second-order valence-electron chi connectivity index (χ2n) is 9.14. The third-order valence-electron chi connectivity index (χ3n) is 6.36. The molecule has 0 fully saturated rings. The van der Waals surface area contributed by atoms with Crippen LogP contribution < -0.4 is 4.74 Å². The number of ether oxygens (including phenoxy) is 1. The maximum atomic E-state index is 8.88. The first-order valence-electron chi connectivity index (χ1n) is 12.7. The Balaban J connectivity index is 2.07. The normalized spacial score (nSPS) is 17.0. The highest BCUT2D eigenvalue weighted by molar-refractivity contribution is 5.89. The number of benzene rings is 3. The third-order valence-corrected chi connectivity index (χ3v) is 6.36. The van der Waals surface area contributed by atoms with Gasteiger partial charge in [-0.25, -0.2) is 0 Å². The molecule has 0 aliphatic heterocycles. The molecule has 31 heavy (non-hydrogen) atoms. The van der Waals surface area contributed by atoms with Crippen molar-refractivity contribution in [1.29, 1.82) is 0 Å². The van der Waals surface area contributed by atoms with Crippen LogP contribution in [0.2, 0.25) is 0 Å². The lowest BCUT2D eigenvalue weighted by atomic mass is 9.81. The van der Waals surface area contributed by atoms with E-state index in [4.69, 9.17) is 8.85 Å². The lowest BCUT2D eigenvalue weighted by molar-refractivity contribution is 0.0328. The van der Waals surface area contributed by atoms with E-state index in [2.05, 4.69) is 51.1 Å². The maximum absolute atomic E-state index is 8.88. The molecule has 2 atom stereocenters. The van der Waals surface area contributed by atoms with Gasteiger partial charge in [-0.1, -0.05) is 49.4 Å². The zero-order valence-corrected chi connectivity index (χ0v) is 20.3. The molecule has 0 spiro atoms. The Bertz CT molecular complexity index is 1150. The first-order valence-corrected chi connectivity index (χ1v) is 11.2. The van der Waals surface area contributed by atoms with Crippen molar-refractivity contribution >= 4 is 10.8 Å². The van der Waals surface area contributed by atoms with Gasteiger partial charge in [0.25, 0.3) is 0 Å². The fourth-order valence-electron chi connectivity index (χ4n) is 4.90. The average Bonchev–Trinajstić information content (AvgIpc) is 2.67. The summed E-state index contributed by atoms with van der Waals surface area (Å²) in [5, 5.41) is 2.23. The monoisotopic (exact) mass is 420 g/mol. The van der Waals surface area contributed by atoms with E-state index in [0.29, 0.717) is 6.42 Å². The maximum Gasteiger partial charge on any atom is 0.127 e. The number of hydrogen-bond donors (Lipinski definition) is 0. The molecule has 0 saturated heterocycles. The molecule has 2 nitrogen and oxygen atoms in total. The Labute approximate surface area is 193 Å². The van der Waals surface area contributed by atoms with E-state index in [-0.39, 0.29) is 6.10 Å². The minimum atomic E-state index is -1.71. The molecule has 0 bridgehead atoms. The topological polar surface area (TPSA) is 12.5 Å². The van der Waals surface area contributed by atoms with Crippen LogP contribution in [0.1, 0.15) is 67.4 Å². The minimum absolute atomic E-state index is 0.219. The molecule has 0 heterocycles. The molecular weight excluding hydrogens is 378 g/mol. The Morgan fingerprint density at radius 2 is 1.65 bits per heavy atom. The molecule has 0 amide bonds. The van der Waals surface area contributed by atoms with Gasteiger partial charge in [0.05, 0.1) is 6.10 Å². The zero-order chi connectivity index (χ0) is 25.5. The zero-order valence-electron chi connectivity index (χ0n) is 23.3. The van der Waals surface area contributed by atoms with E-state index in [9.17, 15) is 0 Å². The Morgan fingerprint density at radius 3 is 2.29 bits per heavy atom. The van der Waals surface area contributed by atoms with Crippen LogP contribution in [-0.2, 0) is 5.54 Å². The summed E-state index contributed by atoms with van der Waals surface area (Å²) in [5.41, 5.74) is 3.80. The van der Waals surface area contributed by atoms with Crippen molar-refractivity contribution in [1.82, 2.24) is 4.90 Å². The number of nitrogens with zero attached hydrogens (tertiary/aromatic N) is 1. The fraction of sp³-hybridized carbons (Fsp3) is 0.448. The lowest BCUT2D eigenvalue weighted by Crippen LogP contribution is -2.50. The largest absolute Gasteiger partial charge is 0.490 e. The molecular formula is C29H39NO. The minimum Gasteiger partial charge on any atom is -0.490 e. The average molecular weight is 421 g/mol. The highest BCUT2D eigenvalue weighted by Crippen LogP contribution is 2.38. The van der Waals surface area contributed by atoms with Gasteiger partial charge in [0.15, 0.2) is 0 Å². The van der Waals surface area contributed by atoms with Gasteiger partial charge in [-0.05, 0) is 94.7 Å². The van der Waals surface area contributed by atoms with Crippen molar-refractivity contribution in [2.45, 2.75) is 79.5 Å². The van der Waals surface area contributed by atoms with Crippen LogP contribution in [0.25, 0.3) is 10.8 Å². The molecule has 0 aliphatic rings. The van der Waals surface area contributed by atoms with Crippen molar-refractivity contribution in [3.05, 3.63) is 76.9 Å². The molecule has 3 aromatic carbocycles. The number of hydrogen-bond acceptors (Lipinski definition) is 2. The van der Waals surface area contributed by atoms with Crippen molar-refractivity contribution in [2.24, 2.45) is 0 Å². The standard InChI is InChI=1S/C29H39NO/c1-9-30(20(2)3)29(8,27-15-11-10-13-21(27)4)19-24(7)31-28-16-12-14-25-17-22(5)23(6)18-26(25)28/h10-18,20,24H,9,19H2,1-8H3/t24?,29-/m0/s1/i9D2,20D. The summed E-state index contributed by atoms with van der Waals surface area (Å²) >= 11 is 0. The predicted octanol–water partition coefficient (Wildman–Crippen LogP) is 7.57. The summed E-state index contributed by atoms with van der Waals surface area (Å²) in [6, 6.07) is 17.4. The van der Waals surface area contributed by atoms with E-state index < -0.39 is 18.1 Å². The van der Waals surface area contributed by atoms with Gasteiger partial charge in [0.2, 0.25) is 0 Å². The van der Waals surface area contributed by atoms with E-state index in [1.165, 1.54) is 11.1 Å². The van der Waals surface area contributed by atoms with Gasteiger partial charge >= 0.3 is 0 Å². The molecule has 3 rings (SSSR count). The van der Waals surface area contributed by atoms with Crippen molar-refractivity contribution in [3.63, 3.8) is 0 Å². The smallest absolute Gasteiger partial charge is 0.127 e. The van der Waals surface area contributed by atoms with E-state index in [1.54, 1.807) is 25.7 Å². The highest BCUT2D eigenvalue weighted by Gasteiger charge is 2.37. The molecule has 3 aromatic rings. The van der Waals surface area contributed by atoms with Crippen LogP contribution in [0.4, 0.5) is 0 Å². The molecule has 0 radical (unpaired) electrons. The molecule has 166 valence electrons. The SMILES string of the molecule is [2H]C([2H])(C)N(C([2H])(C)C)[C@@](C)(CC(C)Oc1cccc2cc(C)c(C)cc12)c1ccccc1C. The van der Waals surface area contributed by atoms with Gasteiger partial charge in [-0.3, -0.25) is 4.90 Å². The highest BCUT2D eigenvalue weighted by atomic mass is 16.5. The van der Waals surface area contributed by atoms with Gasteiger partial charge in [-0.2, -0.15) is 0 Å². The summed E-state index contributed by atoms with van der Waals surface area (Å²) in [6.07, 6.45) is 0.304. The number of rotatable bonds is 8. The van der Waals surface area contributed by atoms with Crippen LogP contribution >= 0.6 is 0 Å². The number of aryl methyl sites for hydroxylation is 3. The van der Waals surface area contributed by atoms with Crippen molar-refractivity contribution in [2.75, 3.05) is 6.50 Å². The summed E-state index contributed by atoms with van der Waals surface area (Å²) in [5.74, 6) is 0.830. The first kappa shape index (κ1) is 19.4. The van der Waals surface area contributed by atoms with Crippen LogP contribution in [0.5, 0.6) is 5.75 Å². The summed E-state index contributed by atoms with van der Waals surface area (Å²) < 4.78 is 32.8. The van der Waals surface area contributed by atoms with Crippen LogP contribution in [0, 0.1) is 20.8 Å². The Kier molecular flexibility index (Phi) is 5.90. The fourth-order valence-corrected chi connectivity index (χ4v) is 4.90. The van der Waals surface area contributed by atoms with E-state index in [0.717, 1.165) is 27.6 Å². The molecule has 0 aliphatic carbocycles. The molecule has 0 aromatic heterocycles. The van der Waals surface area contributed by atoms with Crippen molar-refractivity contribution in [3.8, 4) is 5.75 Å². The van der Waals surface area contributed by atoms with Gasteiger partial charge in [0, 0.05) is 27.5 Å². The van der Waals surface area contributed by atoms with Gasteiger partial charge in [0.1, 0.15) is 5.75 Å². The van der Waals surface area contributed by atoms with E-state index >= 15 is 0 Å². The summed E-state index contributed by atoms with van der Waals surface area (Å²) in [4.78, 5) is 1.69. The Hall–Kier alpha value is -2.32. The lowest BCUT2D eigenvalue weighted by Gasteiger charge is -2.46.